The average Bonchev–Trinajstić information content (AvgIpc) is 2.81. The van der Waals surface area contributed by atoms with Crippen LogP contribution >= 0.6 is 0 Å². The molecule has 0 bridgehead atoms. The van der Waals surface area contributed by atoms with Gasteiger partial charge in [-0.05, 0) is 42.2 Å². The summed E-state index contributed by atoms with van der Waals surface area (Å²) in [4.78, 5) is 30.0. The molecule has 162 valence electrons. The molecule has 2 aromatic heterocycles. The van der Waals surface area contributed by atoms with Crippen molar-refractivity contribution in [3.8, 4) is 17.0 Å². The first-order valence-corrected chi connectivity index (χ1v) is 10.6. The number of rotatable bonds is 7. The molecule has 4 aromatic rings. The van der Waals surface area contributed by atoms with Gasteiger partial charge >= 0.3 is 5.97 Å². The minimum atomic E-state index is -0.805. The Kier molecular flexibility index (Phi) is 6.42. The molecule has 0 aliphatic rings. The molecular formula is C26H24N2O4. The van der Waals surface area contributed by atoms with Crippen LogP contribution in [0.4, 0.5) is 0 Å². The van der Waals surface area contributed by atoms with Crippen molar-refractivity contribution < 1.29 is 13.9 Å². The van der Waals surface area contributed by atoms with Gasteiger partial charge in [-0.3, -0.25) is 9.78 Å². The van der Waals surface area contributed by atoms with Crippen molar-refractivity contribution in [2.45, 2.75) is 32.2 Å². The number of hydrogen-bond donors (Lipinski definition) is 1. The molecule has 0 unspecified atom stereocenters. The topological polar surface area (TPSA) is 95.4 Å². The first kappa shape index (κ1) is 21.5. The van der Waals surface area contributed by atoms with E-state index >= 15 is 0 Å². The smallest absolute Gasteiger partial charge is 0.328 e. The van der Waals surface area contributed by atoms with Crippen LogP contribution in [0.25, 0.3) is 22.2 Å². The lowest BCUT2D eigenvalue weighted by Crippen LogP contribution is -2.36. The van der Waals surface area contributed by atoms with Crippen LogP contribution in [0.5, 0.6) is 5.75 Å². The third-order valence-electron chi connectivity index (χ3n) is 5.23. The molecule has 0 amide bonds. The van der Waals surface area contributed by atoms with Gasteiger partial charge in [0.1, 0.15) is 23.6 Å². The molecule has 4 rings (SSSR count). The summed E-state index contributed by atoms with van der Waals surface area (Å²) in [5.74, 6) is -0.167. The van der Waals surface area contributed by atoms with Crippen molar-refractivity contribution in [1.29, 1.82) is 0 Å². The Bertz CT molecular complexity index is 1280. The number of esters is 1. The van der Waals surface area contributed by atoms with E-state index in [1.54, 1.807) is 30.5 Å². The molecule has 0 aliphatic carbocycles. The lowest BCUT2D eigenvalue weighted by Gasteiger charge is -2.15. The minimum Gasteiger partial charge on any atom is -0.463 e. The maximum absolute atomic E-state index is 13.1. The fraction of sp³-hybridized carbons (Fsp3) is 0.192. The third kappa shape index (κ3) is 4.60. The van der Waals surface area contributed by atoms with E-state index in [0.29, 0.717) is 40.8 Å². The van der Waals surface area contributed by atoms with Crippen LogP contribution in [0, 0.1) is 0 Å². The molecular weight excluding hydrogens is 404 g/mol. The van der Waals surface area contributed by atoms with E-state index in [2.05, 4.69) is 4.98 Å². The highest BCUT2D eigenvalue weighted by Crippen LogP contribution is 2.28. The second-order valence-electron chi connectivity index (χ2n) is 7.62. The van der Waals surface area contributed by atoms with Crippen LogP contribution in [-0.2, 0) is 17.6 Å². The number of hydrogen-bond acceptors (Lipinski definition) is 6. The third-order valence-corrected chi connectivity index (χ3v) is 5.23. The van der Waals surface area contributed by atoms with Crippen molar-refractivity contribution in [3.05, 3.63) is 94.5 Å². The number of carbonyl (C=O) groups excluding carboxylic acids is 1. The molecule has 0 saturated carbocycles. The summed E-state index contributed by atoms with van der Waals surface area (Å²) in [6.45, 7) is 2.02. The number of nitrogens with two attached hydrogens (primary N) is 1. The monoisotopic (exact) mass is 428 g/mol. The van der Waals surface area contributed by atoms with Crippen LogP contribution in [-0.4, -0.2) is 17.0 Å². The van der Waals surface area contributed by atoms with Crippen LogP contribution in [0.3, 0.4) is 0 Å². The van der Waals surface area contributed by atoms with E-state index in [4.69, 9.17) is 14.9 Å². The van der Waals surface area contributed by atoms with Crippen molar-refractivity contribution >= 4 is 16.9 Å². The number of pyridine rings is 1. The highest BCUT2D eigenvalue weighted by Gasteiger charge is 2.20. The number of carbonyl (C=O) groups is 1. The van der Waals surface area contributed by atoms with Crippen molar-refractivity contribution in [3.63, 3.8) is 0 Å². The number of benzene rings is 2. The number of aryl methyl sites for hydroxylation is 1. The molecule has 2 heterocycles. The van der Waals surface area contributed by atoms with Gasteiger partial charge in [-0.1, -0.05) is 49.7 Å². The Hall–Kier alpha value is -3.77. The van der Waals surface area contributed by atoms with Gasteiger partial charge in [0.2, 0.25) is 5.43 Å². The molecule has 0 saturated heterocycles. The fourth-order valence-corrected chi connectivity index (χ4v) is 3.60. The summed E-state index contributed by atoms with van der Waals surface area (Å²) in [6.07, 6.45) is 4.85. The zero-order valence-electron chi connectivity index (χ0n) is 17.8. The summed E-state index contributed by atoms with van der Waals surface area (Å²) in [7, 11) is 0. The second-order valence-corrected chi connectivity index (χ2v) is 7.62. The molecule has 6 heteroatoms. The standard InChI is InChI=1S/C26H24N2O4/c1-2-8-18-14-19-24(31-16-20(25(19)29)22-11-6-7-12-28-22)15-23(18)32-26(30)21(27)13-17-9-4-3-5-10-17/h3-7,9-12,14-16,21H,2,8,13,27H2,1H3/t21-/m1/s1. The van der Waals surface area contributed by atoms with Crippen LogP contribution < -0.4 is 15.9 Å². The highest BCUT2D eigenvalue weighted by molar-refractivity contribution is 5.85. The van der Waals surface area contributed by atoms with Gasteiger partial charge in [0, 0.05) is 12.3 Å². The van der Waals surface area contributed by atoms with E-state index in [1.807, 2.05) is 43.3 Å². The lowest BCUT2D eigenvalue weighted by molar-refractivity contribution is -0.135. The molecule has 6 nitrogen and oxygen atoms in total. The molecule has 0 radical (unpaired) electrons. The predicted octanol–water partition coefficient (Wildman–Crippen LogP) is 4.28. The van der Waals surface area contributed by atoms with Gasteiger partial charge in [0.15, 0.2) is 0 Å². The SMILES string of the molecule is CCCc1cc2c(=O)c(-c3ccccn3)coc2cc1OC(=O)[C@H](N)Cc1ccccc1. The predicted molar refractivity (Wildman–Crippen MR) is 123 cm³/mol. The molecule has 0 aliphatic heterocycles. The zero-order chi connectivity index (χ0) is 22.5. The summed E-state index contributed by atoms with van der Waals surface area (Å²) in [6, 6.07) is 17.4. The number of aromatic nitrogens is 1. The fourth-order valence-electron chi connectivity index (χ4n) is 3.60. The largest absolute Gasteiger partial charge is 0.463 e. The van der Waals surface area contributed by atoms with Crippen molar-refractivity contribution in [1.82, 2.24) is 4.98 Å². The Morgan fingerprint density at radius 2 is 1.91 bits per heavy atom. The normalized spacial score (nSPS) is 11.9. The number of ether oxygens (including phenoxy) is 1. The first-order valence-electron chi connectivity index (χ1n) is 10.6. The van der Waals surface area contributed by atoms with E-state index in [9.17, 15) is 9.59 Å². The quantitative estimate of drug-likeness (QED) is 0.349. The van der Waals surface area contributed by atoms with Gasteiger partial charge in [-0.25, -0.2) is 4.79 Å². The second kappa shape index (κ2) is 9.58. The molecule has 0 fully saturated rings. The van der Waals surface area contributed by atoms with Crippen LogP contribution in [0.1, 0.15) is 24.5 Å². The maximum Gasteiger partial charge on any atom is 0.328 e. The highest BCUT2D eigenvalue weighted by atomic mass is 16.5. The van der Waals surface area contributed by atoms with Gasteiger partial charge in [-0.2, -0.15) is 0 Å². The Balaban J connectivity index is 1.66. The summed E-state index contributed by atoms with van der Waals surface area (Å²) < 4.78 is 11.4. The van der Waals surface area contributed by atoms with Gasteiger partial charge in [-0.15, -0.1) is 0 Å². The molecule has 0 spiro atoms. The molecule has 32 heavy (non-hydrogen) atoms. The van der Waals surface area contributed by atoms with Crippen molar-refractivity contribution in [2.75, 3.05) is 0 Å². The first-order chi connectivity index (χ1) is 15.6. The summed E-state index contributed by atoms with van der Waals surface area (Å²) >= 11 is 0. The van der Waals surface area contributed by atoms with Gasteiger partial charge in [0.25, 0.3) is 0 Å². The van der Waals surface area contributed by atoms with Gasteiger partial charge in [0.05, 0.1) is 16.6 Å². The van der Waals surface area contributed by atoms with Crippen molar-refractivity contribution in [2.24, 2.45) is 5.73 Å². The van der Waals surface area contributed by atoms with E-state index in [-0.39, 0.29) is 5.43 Å². The number of nitrogens with zero attached hydrogens (tertiary/aromatic N) is 1. The van der Waals surface area contributed by atoms with E-state index in [1.165, 1.54) is 6.26 Å². The molecule has 1 atom stereocenters. The maximum atomic E-state index is 13.1. The van der Waals surface area contributed by atoms with Crippen LogP contribution in [0.2, 0.25) is 0 Å². The Labute approximate surface area is 185 Å². The van der Waals surface area contributed by atoms with E-state index in [0.717, 1.165) is 17.5 Å². The number of fused-ring (bicyclic) bond motifs is 1. The lowest BCUT2D eigenvalue weighted by atomic mass is 10.0. The van der Waals surface area contributed by atoms with Crippen LogP contribution in [0.15, 0.2) is 82.3 Å². The van der Waals surface area contributed by atoms with Gasteiger partial charge < -0.3 is 14.9 Å². The summed E-state index contributed by atoms with van der Waals surface area (Å²) in [5.41, 5.74) is 8.89. The molecule has 2 N–H and O–H groups in total. The summed E-state index contributed by atoms with van der Waals surface area (Å²) in [5, 5.41) is 0.421. The zero-order valence-corrected chi connectivity index (χ0v) is 17.8. The molecule has 2 aromatic carbocycles. The Morgan fingerprint density at radius 3 is 2.62 bits per heavy atom. The average molecular weight is 428 g/mol. The van der Waals surface area contributed by atoms with E-state index < -0.39 is 12.0 Å². The minimum absolute atomic E-state index is 0.180. The Morgan fingerprint density at radius 1 is 1.12 bits per heavy atom.